The maximum absolute atomic E-state index is 5.84. The first kappa shape index (κ1) is 11.2. The summed E-state index contributed by atoms with van der Waals surface area (Å²) in [5, 5.41) is 3.21. The van der Waals surface area contributed by atoms with E-state index in [0.29, 0.717) is 16.8 Å². The van der Waals surface area contributed by atoms with Gasteiger partial charge in [0.25, 0.3) is 0 Å². The van der Waals surface area contributed by atoms with Crippen molar-refractivity contribution < 1.29 is 4.74 Å². The lowest BCUT2D eigenvalue weighted by Crippen LogP contribution is -2.01. The Hall–Kier alpha value is -1.26. The first-order chi connectivity index (χ1) is 7.74. The highest BCUT2D eigenvalue weighted by Gasteiger charge is 2.00. The Kier molecular flexibility index (Phi) is 3.64. The smallest absolute Gasteiger partial charge is 0.180 e. The number of halogens is 1. The lowest BCUT2D eigenvalue weighted by atomic mass is 10.3. The third-order valence-electron chi connectivity index (χ3n) is 1.99. The number of nitrogens with two attached hydrogens (primary N) is 1. The number of hydrogen-bond donors (Lipinski definition) is 1. The minimum atomic E-state index is 0.573. The number of nitrogen functional groups attached to an aromatic ring is 1. The first-order valence-electron chi connectivity index (χ1n) is 4.82. The van der Waals surface area contributed by atoms with E-state index in [1.165, 1.54) is 11.3 Å². The predicted octanol–water partition coefficient (Wildman–Crippen LogP) is 3.00. The second-order valence-corrected chi connectivity index (χ2v) is 4.56. The van der Waals surface area contributed by atoms with Crippen molar-refractivity contribution in [3.8, 4) is 5.75 Å². The molecule has 1 heterocycles. The van der Waals surface area contributed by atoms with Gasteiger partial charge in [0.15, 0.2) is 5.13 Å². The largest absolute Gasteiger partial charge is 0.493 e. The summed E-state index contributed by atoms with van der Waals surface area (Å²) in [5.41, 5.74) is 6.49. The summed E-state index contributed by atoms with van der Waals surface area (Å²) in [7, 11) is 0. The van der Waals surface area contributed by atoms with Crippen LogP contribution in [0.2, 0.25) is 5.02 Å². The molecule has 0 aliphatic heterocycles. The number of nitrogens with zero attached hydrogens (tertiary/aromatic N) is 1. The van der Waals surface area contributed by atoms with Crippen LogP contribution in [0.5, 0.6) is 5.75 Å². The Bertz CT molecular complexity index is 473. The number of rotatable bonds is 4. The molecule has 0 saturated heterocycles. The van der Waals surface area contributed by atoms with Crippen LogP contribution in [0, 0.1) is 0 Å². The number of ether oxygens (including phenoxy) is 1. The first-order valence-corrected chi connectivity index (χ1v) is 6.08. The average Bonchev–Trinajstić information content (AvgIpc) is 2.64. The Morgan fingerprint density at radius 3 is 3.00 bits per heavy atom. The van der Waals surface area contributed by atoms with Gasteiger partial charge in [-0.15, -0.1) is 11.3 Å². The van der Waals surface area contributed by atoms with Crippen LogP contribution in [0.3, 0.4) is 0 Å². The molecule has 0 unspecified atom stereocenters. The van der Waals surface area contributed by atoms with Crippen LogP contribution in [0.15, 0.2) is 29.6 Å². The highest BCUT2D eigenvalue weighted by molar-refractivity contribution is 7.13. The quantitative estimate of drug-likeness (QED) is 0.913. The van der Waals surface area contributed by atoms with E-state index in [0.717, 1.165) is 17.9 Å². The lowest BCUT2D eigenvalue weighted by Gasteiger charge is -2.04. The third-order valence-corrected chi connectivity index (χ3v) is 2.95. The third kappa shape index (κ3) is 3.12. The highest BCUT2D eigenvalue weighted by atomic mass is 35.5. The Morgan fingerprint density at radius 1 is 1.44 bits per heavy atom. The SMILES string of the molecule is Nc1nc(CCOc2cccc(Cl)c2)cs1. The minimum Gasteiger partial charge on any atom is -0.493 e. The lowest BCUT2D eigenvalue weighted by molar-refractivity contribution is 0.321. The summed E-state index contributed by atoms with van der Waals surface area (Å²) in [6, 6.07) is 7.34. The molecule has 3 nitrogen and oxygen atoms in total. The Labute approximate surface area is 103 Å². The molecule has 1 aromatic carbocycles. The summed E-state index contributed by atoms with van der Waals surface area (Å²) >= 11 is 7.28. The molecular formula is C11H11ClN2OS. The van der Waals surface area contributed by atoms with Gasteiger partial charge in [-0.1, -0.05) is 17.7 Å². The molecule has 0 aliphatic carbocycles. The van der Waals surface area contributed by atoms with Gasteiger partial charge in [0, 0.05) is 16.8 Å². The van der Waals surface area contributed by atoms with Crippen LogP contribution in [0.25, 0.3) is 0 Å². The molecule has 0 aliphatic rings. The molecule has 5 heteroatoms. The van der Waals surface area contributed by atoms with Crippen LogP contribution in [0.1, 0.15) is 5.69 Å². The number of hydrogen-bond acceptors (Lipinski definition) is 4. The number of aromatic nitrogens is 1. The minimum absolute atomic E-state index is 0.573. The van der Waals surface area contributed by atoms with E-state index in [9.17, 15) is 0 Å². The molecule has 0 amide bonds. The maximum atomic E-state index is 5.84. The number of benzene rings is 1. The van der Waals surface area contributed by atoms with Crippen LogP contribution in [-0.2, 0) is 6.42 Å². The van der Waals surface area contributed by atoms with Crippen molar-refractivity contribution in [1.29, 1.82) is 0 Å². The van der Waals surface area contributed by atoms with E-state index in [1.54, 1.807) is 6.07 Å². The summed E-state index contributed by atoms with van der Waals surface area (Å²) < 4.78 is 5.54. The topological polar surface area (TPSA) is 48.1 Å². The van der Waals surface area contributed by atoms with Gasteiger partial charge in [-0.2, -0.15) is 0 Å². The highest BCUT2D eigenvalue weighted by Crippen LogP contribution is 2.17. The zero-order valence-electron chi connectivity index (χ0n) is 8.52. The molecule has 2 N–H and O–H groups in total. The zero-order chi connectivity index (χ0) is 11.4. The molecule has 0 atom stereocenters. The Balaban J connectivity index is 1.84. The molecular weight excluding hydrogens is 244 g/mol. The molecule has 1 aromatic heterocycles. The summed E-state index contributed by atoms with van der Waals surface area (Å²) in [6.07, 6.45) is 0.750. The number of thiazole rings is 1. The van der Waals surface area contributed by atoms with Gasteiger partial charge in [-0.3, -0.25) is 0 Å². The van der Waals surface area contributed by atoms with Crippen LogP contribution < -0.4 is 10.5 Å². The monoisotopic (exact) mass is 254 g/mol. The van der Waals surface area contributed by atoms with Crippen molar-refractivity contribution in [2.45, 2.75) is 6.42 Å². The van der Waals surface area contributed by atoms with Gasteiger partial charge in [0.1, 0.15) is 5.75 Å². The molecule has 0 fully saturated rings. The molecule has 16 heavy (non-hydrogen) atoms. The normalized spacial score (nSPS) is 10.3. The molecule has 2 rings (SSSR count). The maximum Gasteiger partial charge on any atom is 0.180 e. The van der Waals surface area contributed by atoms with Crippen LogP contribution in [0.4, 0.5) is 5.13 Å². The molecule has 0 spiro atoms. The second-order valence-electron chi connectivity index (χ2n) is 3.23. The van der Waals surface area contributed by atoms with Crippen molar-refractivity contribution in [2.75, 3.05) is 12.3 Å². The van der Waals surface area contributed by atoms with E-state index in [-0.39, 0.29) is 0 Å². The van der Waals surface area contributed by atoms with Gasteiger partial charge in [-0.05, 0) is 18.2 Å². The Morgan fingerprint density at radius 2 is 2.31 bits per heavy atom. The van der Waals surface area contributed by atoms with Crippen molar-refractivity contribution in [1.82, 2.24) is 4.98 Å². The van der Waals surface area contributed by atoms with Gasteiger partial charge in [-0.25, -0.2) is 4.98 Å². The molecule has 2 aromatic rings. The fraction of sp³-hybridized carbons (Fsp3) is 0.182. The van der Waals surface area contributed by atoms with Crippen molar-refractivity contribution in [3.05, 3.63) is 40.4 Å². The van der Waals surface area contributed by atoms with E-state index >= 15 is 0 Å². The van der Waals surface area contributed by atoms with E-state index in [4.69, 9.17) is 22.1 Å². The summed E-state index contributed by atoms with van der Waals surface area (Å²) in [6.45, 7) is 0.573. The predicted molar refractivity (Wildman–Crippen MR) is 67.2 cm³/mol. The molecule has 0 saturated carbocycles. The van der Waals surface area contributed by atoms with Gasteiger partial charge in [0.2, 0.25) is 0 Å². The molecule has 84 valence electrons. The van der Waals surface area contributed by atoms with E-state index in [1.807, 2.05) is 23.6 Å². The van der Waals surface area contributed by atoms with Gasteiger partial charge < -0.3 is 10.5 Å². The van der Waals surface area contributed by atoms with Gasteiger partial charge in [0.05, 0.1) is 12.3 Å². The fourth-order valence-corrected chi connectivity index (χ4v) is 2.05. The fourth-order valence-electron chi connectivity index (χ4n) is 1.27. The van der Waals surface area contributed by atoms with E-state index in [2.05, 4.69) is 4.98 Å². The molecule has 0 bridgehead atoms. The van der Waals surface area contributed by atoms with Crippen molar-refractivity contribution >= 4 is 28.1 Å². The summed E-state index contributed by atoms with van der Waals surface area (Å²) in [4.78, 5) is 4.15. The van der Waals surface area contributed by atoms with E-state index < -0.39 is 0 Å². The second kappa shape index (κ2) is 5.18. The van der Waals surface area contributed by atoms with Crippen LogP contribution in [-0.4, -0.2) is 11.6 Å². The molecule has 0 radical (unpaired) electrons. The van der Waals surface area contributed by atoms with Crippen LogP contribution >= 0.6 is 22.9 Å². The summed E-state index contributed by atoms with van der Waals surface area (Å²) in [5.74, 6) is 0.774. The zero-order valence-corrected chi connectivity index (χ0v) is 10.1. The van der Waals surface area contributed by atoms with Gasteiger partial charge >= 0.3 is 0 Å². The number of anilines is 1. The van der Waals surface area contributed by atoms with Crippen molar-refractivity contribution in [3.63, 3.8) is 0 Å². The average molecular weight is 255 g/mol. The standard InChI is InChI=1S/C11H11ClN2OS/c12-8-2-1-3-10(6-8)15-5-4-9-7-16-11(13)14-9/h1-3,6-7H,4-5H2,(H2,13,14). The van der Waals surface area contributed by atoms with Crippen molar-refractivity contribution in [2.24, 2.45) is 0 Å².